The van der Waals surface area contributed by atoms with E-state index in [9.17, 15) is 14.4 Å². The third kappa shape index (κ3) is 4.77. The molecule has 0 bridgehead atoms. The van der Waals surface area contributed by atoms with Crippen molar-refractivity contribution in [2.24, 2.45) is 5.73 Å². The number of nitrogens with two attached hydrogens (primary N) is 1. The van der Waals surface area contributed by atoms with Gasteiger partial charge in [0.15, 0.2) is 0 Å². The molecule has 0 saturated carbocycles. The van der Waals surface area contributed by atoms with Crippen LogP contribution in [0.25, 0.3) is 0 Å². The van der Waals surface area contributed by atoms with E-state index in [2.05, 4.69) is 10.6 Å². The first-order chi connectivity index (χ1) is 9.29. The first-order valence-corrected chi connectivity index (χ1v) is 6.06. The van der Waals surface area contributed by atoms with Crippen LogP contribution in [-0.4, -0.2) is 29.1 Å². The fourth-order valence-corrected chi connectivity index (χ4v) is 1.71. The summed E-state index contributed by atoms with van der Waals surface area (Å²) in [4.78, 5) is 33.0. The Morgan fingerprint density at radius 3 is 2.55 bits per heavy atom. The van der Waals surface area contributed by atoms with E-state index in [0.29, 0.717) is 0 Å². The minimum atomic E-state index is -1.11. The van der Waals surface area contributed by atoms with Gasteiger partial charge < -0.3 is 21.5 Å². The lowest BCUT2D eigenvalue weighted by molar-refractivity contribution is -0.118. The number of primary amides is 1. The molecule has 20 heavy (non-hydrogen) atoms. The van der Waals surface area contributed by atoms with Gasteiger partial charge in [0, 0.05) is 12.5 Å². The summed E-state index contributed by atoms with van der Waals surface area (Å²) in [6.45, 7) is 1.62. The topological polar surface area (TPSA) is 122 Å². The average Bonchev–Trinajstić information content (AvgIpc) is 2.30. The maximum Gasteiger partial charge on any atom is 0.335 e. The number of urea groups is 1. The van der Waals surface area contributed by atoms with Crippen LogP contribution in [0.3, 0.4) is 0 Å². The van der Waals surface area contributed by atoms with Gasteiger partial charge in [-0.2, -0.15) is 0 Å². The van der Waals surface area contributed by atoms with E-state index in [1.54, 1.807) is 6.92 Å². The maximum atomic E-state index is 11.6. The average molecular weight is 300 g/mol. The highest BCUT2D eigenvalue weighted by Gasteiger charge is 2.12. The molecular formula is C12H14ClN3O4. The highest BCUT2D eigenvalue weighted by molar-refractivity contribution is 6.34. The Morgan fingerprint density at radius 2 is 2.05 bits per heavy atom. The minimum absolute atomic E-state index is 0.0130. The fraction of sp³-hybridized carbons (Fsp3) is 0.250. The number of benzene rings is 1. The Kier molecular flexibility index (Phi) is 5.33. The molecule has 0 radical (unpaired) electrons. The van der Waals surface area contributed by atoms with Crippen molar-refractivity contribution in [3.05, 3.63) is 28.8 Å². The van der Waals surface area contributed by atoms with E-state index >= 15 is 0 Å². The van der Waals surface area contributed by atoms with Gasteiger partial charge in [0.05, 0.1) is 16.3 Å². The predicted octanol–water partition coefficient (Wildman–Crippen LogP) is 1.42. The summed E-state index contributed by atoms with van der Waals surface area (Å²) in [6, 6.07) is 2.93. The Bertz CT molecular complexity index is 548. The number of carbonyl (C=O) groups is 3. The second-order valence-corrected chi connectivity index (χ2v) is 4.58. The maximum absolute atomic E-state index is 11.6. The van der Waals surface area contributed by atoms with Gasteiger partial charge in [-0.15, -0.1) is 0 Å². The van der Waals surface area contributed by atoms with Crippen molar-refractivity contribution in [3.63, 3.8) is 0 Å². The van der Waals surface area contributed by atoms with Crippen LogP contribution >= 0.6 is 11.6 Å². The molecule has 5 N–H and O–H groups in total. The van der Waals surface area contributed by atoms with Crippen LogP contribution in [0.2, 0.25) is 5.02 Å². The molecule has 3 amide bonds. The van der Waals surface area contributed by atoms with Gasteiger partial charge in [0.2, 0.25) is 5.91 Å². The monoisotopic (exact) mass is 299 g/mol. The van der Waals surface area contributed by atoms with Gasteiger partial charge in [0.25, 0.3) is 0 Å². The van der Waals surface area contributed by atoms with Gasteiger partial charge in [-0.25, -0.2) is 9.59 Å². The molecule has 0 saturated heterocycles. The van der Waals surface area contributed by atoms with Gasteiger partial charge in [0.1, 0.15) is 0 Å². The number of hydrogen-bond donors (Lipinski definition) is 4. The zero-order chi connectivity index (χ0) is 15.3. The molecule has 0 heterocycles. The smallest absolute Gasteiger partial charge is 0.335 e. The Hall–Kier alpha value is -2.28. The van der Waals surface area contributed by atoms with Crippen molar-refractivity contribution < 1.29 is 19.5 Å². The number of hydrogen-bond acceptors (Lipinski definition) is 3. The van der Waals surface area contributed by atoms with E-state index < -0.39 is 23.9 Å². The van der Waals surface area contributed by atoms with Crippen LogP contribution in [0.15, 0.2) is 18.2 Å². The summed E-state index contributed by atoms with van der Waals surface area (Å²) in [5, 5.41) is 13.8. The summed E-state index contributed by atoms with van der Waals surface area (Å²) in [6.07, 6.45) is 0.0130. The molecule has 1 atom stereocenters. The summed E-state index contributed by atoms with van der Waals surface area (Å²) < 4.78 is 0. The summed E-state index contributed by atoms with van der Waals surface area (Å²) in [7, 11) is 0. The third-order valence-electron chi connectivity index (χ3n) is 2.35. The van der Waals surface area contributed by atoms with Crippen LogP contribution < -0.4 is 16.4 Å². The SMILES string of the molecule is CC(CC(N)=O)NC(=O)Nc1ccc(C(=O)O)cc1Cl. The van der Waals surface area contributed by atoms with E-state index in [0.717, 1.165) is 0 Å². The van der Waals surface area contributed by atoms with E-state index in [-0.39, 0.29) is 22.7 Å². The van der Waals surface area contributed by atoms with Gasteiger partial charge in [-0.3, -0.25) is 4.79 Å². The number of nitrogens with one attached hydrogen (secondary N) is 2. The molecule has 1 aromatic carbocycles. The number of rotatable bonds is 5. The zero-order valence-corrected chi connectivity index (χ0v) is 11.4. The highest BCUT2D eigenvalue weighted by Crippen LogP contribution is 2.23. The lowest BCUT2D eigenvalue weighted by Gasteiger charge is -2.13. The van der Waals surface area contributed by atoms with Gasteiger partial charge >= 0.3 is 12.0 Å². The highest BCUT2D eigenvalue weighted by atomic mass is 35.5. The second-order valence-electron chi connectivity index (χ2n) is 4.17. The largest absolute Gasteiger partial charge is 0.478 e. The first kappa shape index (κ1) is 15.8. The second kappa shape index (κ2) is 6.76. The van der Waals surface area contributed by atoms with Crippen molar-refractivity contribution in [2.75, 3.05) is 5.32 Å². The van der Waals surface area contributed by atoms with Crippen molar-refractivity contribution in [3.8, 4) is 0 Å². The van der Waals surface area contributed by atoms with Crippen LogP contribution in [0, 0.1) is 0 Å². The van der Waals surface area contributed by atoms with Crippen LogP contribution in [0.5, 0.6) is 0 Å². The molecule has 0 spiro atoms. The molecule has 1 unspecified atom stereocenters. The number of anilines is 1. The van der Waals surface area contributed by atoms with Crippen LogP contribution in [0.1, 0.15) is 23.7 Å². The first-order valence-electron chi connectivity index (χ1n) is 5.68. The summed E-state index contributed by atoms with van der Waals surface area (Å²) in [5.41, 5.74) is 5.28. The fourth-order valence-electron chi connectivity index (χ4n) is 1.48. The number of halogens is 1. The number of amides is 3. The molecule has 1 rings (SSSR count). The molecular weight excluding hydrogens is 286 g/mol. The Labute approximate surface area is 120 Å². The number of aromatic carboxylic acids is 1. The molecule has 0 fully saturated rings. The van der Waals surface area contributed by atoms with Gasteiger partial charge in [-0.05, 0) is 25.1 Å². The molecule has 7 nitrogen and oxygen atoms in total. The minimum Gasteiger partial charge on any atom is -0.478 e. The van der Waals surface area contributed by atoms with Crippen LogP contribution in [-0.2, 0) is 4.79 Å². The van der Waals surface area contributed by atoms with E-state index in [1.165, 1.54) is 18.2 Å². The molecule has 0 aliphatic rings. The zero-order valence-electron chi connectivity index (χ0n) is 10.6. The van der Waals surface area contributed by atoms with Crippen molar-refractivity contribution in [1.29, 1.82) is 0 Å². The third-order valence-corrected chi connectivity index (χ3v) is 2.66. The summed E-state index contributed by atoms with van der Waals surface area (Å²) >= 11 is 5.86. The van der Waals surface area contributed by atoms with Crippen molar-refractivity contribution >= 4 is 35.2 Å². The lowest BCUT2D eigenvalue weighted by Crippen LogP contribution is -2.38. The summed E-state index contributed by atoms with van der Waals surface area (Å²) in [5.74, 6) is -1.64. The number of carbonyl (C=O) groups excluding carboxylic acids is 2. The molecule has 1 aromatic rings. The molecule has 8 heteroatoms. The quantitative estimate of drug-likeness (QED) is 0.657. The van der Waals surface area contributed by atoms with E-state index in [4.69, 9.17) is 22.4 Å². The van der Waals surface area contributed by atoms with E-state index in [1.807, 2.05) is 0 Å². The number of carboxylic acids is 1. The van der Waals surface area contributed by atoms with Crippen molar-refractivity contribution in [2.45, 2.75) is 19.4 Å². The standard InChI is InChI=1S/C12H14ClN3O4/c1-6(4-10(14)17)15-12(20)16-9-3-2-7(11(18)19)5-8(9)13/h2-3,5-6H,4H2,1H3,(H2,14,17)(H,18,19)(H2,15,16,20). The lowest BCUT2D eigenvalue weighted by atomic mass is 10.2. The molecule has 0 aromatic heterocycles. The number of carboxylic acid groups (broad SMARTS) is 1. The predicted molar refractivity (Wildman–Crippen MR) is 73.8 cm³/mol. The Balaban J connectivity index is 2.67. The van der Waals surface area contributed by atoms with Crippen LogP contribution in [0.4, 0.5) is 10.5 Å². The molecule has 0 aliphatic heterocycles. The Morgan fingerprint density at radius 1 is 1.40 bits per heavy atom. The van der Waals surface area contributed by atoms with Crippen molar-refractivity contribution in [1.82, 2.24) is 5.32 Å². The molecule has 0 aliphatic carbocycles. The molecule has 108 valence electrons. The van der Waals surface area contributed by atoms with Gasteiger partial charge in [-0.1, -0.05) is 11.6 Å². The normalized spacial score (nSPS) is 11.5.